The van der Waals surface area contributed by atoms with Gasteiger partial charge in [-0.3, -0.25) is 9.28 Å². The number of nitrogen functional groups attached to an aromatic ring is 1. The minimum Gasteiger partial charge on any atom is -0.443 e. The van der Waals surface area contributed by atoms with Crippen LogP contribution >= 0.6 is 0 Å². The number of alkyl halides is 21. The zero-order chi connectivity index (χ0) is 86.5. The number of aromatic amines is 1. The van der Waals surface area contributed by atoms with Gasteiger partial charge in [-0.2, -0.15) is 110 Å². The van der Waals surface area contributed by atoms with Crippen LogP contribution in [0.5, 0.6) is 35.3 Å². The highest BCUT2D eigenvalue weighted by molar-refractivity contribution is 7.87. The van der Waals surface area contributed by atoms with E-state index in [0.717, 1.165) is 43.6 Å². The summed E-state index contributed by atoms with van der Waals surface area (Å²) < 4.78 is 323. The molecule has 9 aromatic rings. The molecule has 9 aromatic heterocycles. The number of hydrogen-bond acceptors (Lipinski definition) is 27. The van der Waals surface area contributed by atoms with Gasteiger partial charge in [-0.25, -0.2) is 73.4 Å². The number of imide groups is 2. The Morgan fingerprint density at radius 1 is 0.427 bits per heavy atom. The molecular formula is C63H69F21N18O14S. The predicted molar refractivity (Wildman–Crippen MR) is 364 cm³/mol. The van der Waals surface area contributed by atoms with E-state index in [1.54, 1.807) is 41.5 Å². The lowest BCUT2D eigenvalue weighted by atomic mass is 10.2. The van der Waals surface area contributed by atoms with E-state index in [0.29, 0.717) is 49.5 Å². The monoisotopic (exact) mass is 1730 g/mol. The largest absolute Gasteiger partial charge is 0.523 e. The Morgan fingerprint density at radius 3 is 1.07 bits per heavy atom. The molecule has 0 fully saturated rings. The number of ether oxygens (including phenoxy) is 7. The lowest BCUT2D eigenvalue weighted by Crippen LogP contribution is -2.44. The minimum absolute atomic E-state index is 0. The standard InChI is InChI=1S/C23H24F6N6O5.C21H23F3N6O5.C13H8F6N6O.C3H2F6O3S.3CH4/c1-20(2,3)39-18(36)35(19(37)40-21(4,5)6)16-14-15(31-11-32-16)34(10-22(24,25)26)33-17(14)38-13-9-12(7-8-30-13)23(27,28)29;1-19(2,3)34-17(31)30(18(32)35-20(4,5)6)15-13-14(26-10-27-15)28-29-16(13)33-12-9-11(7-8-25-12)21(22,23)24;14-12(15,16)4-25-10-8(9(20)22-5-23-10)11(24-25)26-7-3-6(1-2-21-7)13(17,18)19;4-2(5,6)1-12-13(10,11)3(7,8)9;;;/h7-9,11H,10H2,1-6H3;7-10H,1-6H3,(H,26,27,28,29);1-3,5H,4H2,(H2,20,22,23);1H2;3*1H4. The zero-order valence-electron chi connectivity index (χ0n) is 59.8. The molecule has 648 valence electrons. The Balaban J connectivity index is 0.000000422. The molecule has 0 saturated heterocycles. The van der Waals surface area contributed by atoms with Crippen molar-refractivity contribution < 1.29 is 157 Å². The number of H-pyrrole nitrogens is 1. The fraction of sp³-hybridized carbons (Fsp3) is 0.460. The molecule has 3 N–H and O–H groups in total. The fourth-order valence-corrected chi connectivity index (χ4v) is 8.47. The quantitative estimate of drug-likeness (QED) is 0.0496. The van der Waals surface area contributed by atoms with E-state index in [9.17, 15) is 120 Å². The van der Waals surface area contributed by atoms with Gasteiger partial charge in [0.05, 0.1) is 16.7 Å². The SMILES string of the molecule is C.C.C.CC(C)(C)OC(=O)N(C(=O)OC(C)(C)C)c1ncnc2[nH]nc(Oc3cc(C(F)(F)F)ccn3)c12.CC(C)(C)OC(=O)N(C(=O)OC(C)(C)C)c1ncnc2c1c(Oc1cc(C(F)(F)F)ccn1)nn2CC(F)(F)F.Nc1ncnc2c1c(Oc1cc(C(F)(F)F)ccn1)nn2CC(F)(F)F.O=S(=O)(OCC(F)(F)F)C(F)(F)F. The summed E-state index contributed by atoms with van der Waals surface area (Å²) in [6.45, 7) is 12.8. The van der Waals surface area contributed by atoms with Crippen molar-refractivity contribution in [2.45, 2.75) is 183 Å². The third-order valence-corrected chi connectivity index (χ3v) is 13.1. The van der Waals surface area contributed by atoms with E-state index in [1.807, 2.05) is 0 Å². The van der Waals surface area contributed by atoms with E-state index in [-0.39, 0.29) is 61.9 Å². The van der Waals surface area contributed by atoms with Crippen molar-refractivity contribution >= 4 is 85.0 Å². The van der Waals surface area contributed by atoms with Crippen LogP contribution in [0.4, 0.5) is 129 Å². The van der Waals surface area contributed by atoms with Crippen molar-refractivity contribution in [3.05, 3.63) is 90.7 Å². The number of anilines is 3. The van der Waals surface area contributed by atoms with Gasteiger partial charge in [0.2, 0.25) is 17.6 Å². The predicted octanol–water partition coefficient (Wildman–Crippen LogP) is 18.0. The zero-order valence-corrected chi connectivity index (χ0v) is 60.7. The van der Waals surface area contributed by atoms with Gasteiger partial charge in [-0.1, -0.05) is 22.3 Å². The first kappa shape index (κ1) is 99.4. The first-order valence-corrected chi connectivity index (χ1v) is 32.3. The molecule has 4 amide bonds. The molecule has 0 radical (unpaired) electrons. The van der Waals surface area contributed by atoms with Crippen LogP contribution in [0.2, 0.25) is 0 Å². The Labute approximate surface area is 646 Å². The molecule has 0 aromatic carbocycles. The molecule has 0 aliphatic carbocycles. The van der Waals surface area contributed by atoms with Crippen LogP contribution < -0.4 is 29.7 Å². The van der Waals surface area contributed by atoms with Crippen molar-refractivity contribution in [1.29, 1.82) is 0 Å². The number of halogens is 21. The molecule has 32 nitrogen and oxygen atoms in total. The summed E-state index contributed by atoms with van der Waals surface area (Å²) in [6.07, 6.45) is -28.3. The Hall–Kier alpha value is -11.8. The summed E-state index contributed by atoms with van der Waals surface area (Å²) in [5.74, 6) is -4.51. The normalized spacial score (nSPS) is 12.5. The second kappa shape index (κ2) is 36.6. The van der Waals surface area contributed by atoms with Crippen molar-refractivity contribution in [1.82, 2.24) is 74.6 Å². The van der Waals surface area contributed by atoms with Gasteiger partial charge >= 0.3 is 77.1 Å². The van der Waals surface area contributed by atoms with Crippen molar-refractivity contribution in [2.75, 3.05) is 22.1 Å². The molecule has 0 aliphatic heterocycles. The average Bonchev–Trinajstić information content (AvgIpc) is 1.64. The van der Waals surface area contributed by atoms with Crippen molar-refractivity contribution in [2.24, 2.45) is 0 Å². The molecular weight excluding hydrogens is 1660 g/mol. The van der Waals surface area contributed by atoms with E-state index in [4.69, 9.17) is 38.9 Å². The Bertz CT molecular complexity index is 4990. The maximum absolute atomic E-state index is 13.3. The van der Waals surface area contributed by atoms with E-state index in [1.165, 1.54) is 41.5 Å². The number of carbonyl (C=O) groups is 4. The molecule has 0 saturated carbocycles. The van der Waals surface area contributed by atoms with Crippen LogP contribution in [0.1, 0.15) is 122 Å². The Kier molecular flexibility index (Phi) is 31.1. The van der Waals surface area contributed by atoms with Crippen molar-refractivity contribution in [3.8, 4) is 35.3 Å². The number of carbonyl (C=O) groups excluding carboxylic acids is 4. The molecule has 117 heavy (non-hydrogen) atoms. The summed E-state index contributed by atoms with van der Waals surface area (Å²) in [5.41, 5.74) is -8.52. The number of rotatable bonds is 12. The summed E-state index contributed by atoms with van der Waals surface area (Å²) in [6, 6.07) is 3.87. The van der Waals surface area contributed by atoms with Gasteiger partial charge in [-0.15, -0.1) is 15.3 Å². The highest BCUT2D eigenvalue weighted by Crippen LogP contribution is 2.42. The van der Waals surface area contributed by atoms with E-state index < -0.39 is 182 Å². The highest BCUT2D eigenvalue weighted by atomic mass is 32.2. The van der Waals surface area contributed by atoms with E-state index >= 15 is 0 Å². The molecule has 0 aliphatic rings. The first-order valence-electron chi connectivity index (χ1n) is 30.9. The summed E-state index contributed by atoms with van der Waals surface area (Å²) >= 11 is 0. The number of amides is 4. The Morgan fingerprint density at radius 2 is 0.744 bits per heavy atom. The summed E-state index contributed by atoms with van der Waals surface area (Å²) in [7, 11) is -6.15. The molecule has 0 spiro atoms. The number of nitrogens with one attached hydrogen (secondary N) is 1. The number of pyridine rings is 3. The van der Waals surface area contributed by atoms with E-state index in [2.05, 4.69) is 69.4 Å². The van der Waals surface area contributed by atoms with Crippen LogP contribution in [0, 0.1) is 0 Å². The lowest BCUT2D eigenvalue weighted by molar-refractivity contribution is -0.156. The molecule has 0 bridgehead atoms. The minimum atomic E-state index is -6.15. The first-order chi connectivity index (χ1) is 51.7. The number of hydrogen-bond donors (Lipinski definition) is 2. The summed E-state index contributed by atoms with van der Waals surface area (Å²) in [5, 5.41) is 12.9. The maximum atomic E-state index is 13.3. The van der Waals surface area contributed by atoms with Gasteiger partial charge in [-0.05, 0) is 101 Å². The smallest absolute Gasteiger partial charge is 0.443 e. The van der Waals surface area contributed by atoms with Crippen LogP contribution in [0.25, 0.3) is 33.1 Å². The molecule has 0 atom stereocenters. The van der Waals surface area contributed by atoms with Crippen LogP contribution in [0.15, 0.2) is 74.0 Å². The van der Waals surface area contributed by atoms with Gasteiger partial charge < -0.3 is 38.9 Å². The molecule has 54 heteroatoms. The van der Waals surface area contributed by atoms with Crippen LogP contribution in [0.3, 0.4) is 0 Å². The third-order valence-electron chi connectivity index (χ3n) is 12.1. The molecule has 9 heterocycles. The lowest BCUT2D eigenvalue weighted by Gasteiger charge is -2.28. The van der Waals surface area contributed by atoms with Gasteiger partial charge in [0.15, 0.2) is 35.2 Å². The number of nitrogens with zero attached hydrogens (tertiary/aromatic N) is 16. The topological polar surface area (TPSA) is 389 Å². The molecule has 9 rings (SSSR count). The van der Waals surface area contributed by atoms with Gasteiger partial charge in [0, 0.05) is 36.8 Å². The fourth-order valence-electron chi connectivity index (χ4n) is 8.05. The van der Waals surface area contributed by atoms with Crippen molar-refractivity contribution in [3.63, 3.8) is 0 Å². The maximum Gasteiger partial charge on any atom is 0.523 e. The highest BCUT2D eigenvalue weighted by Gasteiger charge is 2.50. The molecule has 0 unspecified atom stereocenters. The number of aromatic nitrogens is 15. The second-order valence-corrected chi connectivity index (χ2v) is 27.9. The average molecular weight is 1730 g/mol. The number of nitrogens with two attached hydrogens (primary N) is 1. The third kappa shape index (κ3) is 29.2. The van der Waals surface area contributed by atoms with Gasteiger partial charge in [0.1, 0.15) is 76.5 Å². The number of fused-ring (bicyclic) bond motifs is 3. The summed E-state index contributed by atoms with van der Waals surface area (Å²) in [4.78, 5) is 87.1. The van der Waals surface area contributed by atoms with Gasteiger partial charge in [0.25, 0.3) is 17.6 Å². The van der Waals surface area contributed by atoms with Crippen LogP contribution in [-0.2, 0) is 64.9 Å². The second-order valence-electron chi connectivity index (χ2n) is 26.3. The van der Waals surface area contributed by atoms with Crippen LogP contribution in [-0.4, -0.2) is 160 Å².